The Hall–Kier alpha value is -8.49. The van der Waals surface area contributed by atoms with E-state index in [0.29, 0.717) is 109 Å². The van der Waals surface area contributed by atoms with Crippen molar-refractivity contribution < 1.29 is 67.8 Å². The summed E-state index contributed by atoms with van der Waals surface area (Å²) in [7, 11) is 3.97. The monoisotopic (exact) mass is 1520 g/mol. The SMILES string of the molecule is C/C(O)=C/C(=[OH+])CCC(=O)C1CCN(C(=O)C2CCCN2C(=O)C2CCCN2C(=O)C2CCCN2C(=O)C2CCCN2C(=O)c2cc3cc4c5c(c3oc2=O)CCCN5CCC4)CC1.[CH2-][n+]1ccccc1-c1[c-]c2ccccc2s1.[CH2-]c1c(-c2ccccn2)sc2ccccc12.[Ir+3]. The zero-order valence-corrected chi connectivity index (χ0v) is 58.7. The van der Waals surface area contributed by atoms with E-state index in [9.17, 15) is 43.5 Å². The number of nitrogens with zero attached hydrogens (tertiary/aromatic N) is 8. The summed E-state index contributed by atoms with van der Waals surface area (Å²) in [6, 6.07) is 32.7. The van der Waals surface area contributed by atoms with Crippen molar-refractivity contribution in [1.29, 1.82) is 0 Å². The Morgan fingerprint density at radius 2 is 1.29 bits per heavy atom. The third-order valence-electron chi connectivity index (χ3n) is 20.1. The van der Waals surface area contributed by atoms with E-state index in [2.05, 4.69) is 72.4 Å². The summed E-state index contributed by atoms with van der Waals surface area (Å²) in [4.78, 5) is 125. The number of aliphatic hydroxyl groups is 1. The van der Waals surface area contributed by atoms with Gasteiger partial charge < -0.3 is 43.5 Å². The molecule has 12 heterocycles. The summed E-state index contributed by atoms with van der Waals surface area (Å²) in [5.74, 6) is -1.87. The van der Waals surface area contributed by atoms with Gasteiger partial charge in [-0.2, -0.15) is 12.5 Å². The molecule has 0 bridgehead atoms. The van der Waals surface area contributed by atoms with Crippen molar-refractivity contribution >= 4 is 101 Å². The minimum absolute atomic E-state index is 0. The minimum atomic E-state index is -0.838. The number of thiophene rings is 2. The van der Waals surface area contributed by atoms with E-state index in [0.717, 1.165) is 71.6 Å². The van der Waals surface area contributed by atoms with Gasteiger partial charge in [0.1, 0.15) is 46.8 Å². The first-order valence-corrected chi connectivity index (χ1v) is 35.5. The van der Waals surface area contributed by atoms with Crippen molar-refractivity contribution in [3.8, 4) is 21.1 Å². The van der Waals surface area contributed by atoms with Gasteiger partial charge in [0.05, 0.1) is 24.5 Å². The van der Waals surface area contributed by atoms with Crippen LogP contribution in [-0.4, -0.2) is 157 Å². The normalized spacial score (nSPS) is 20.1. The van der Waals surface area contributed by atoms with Crippen LogP contribution in [0.4, 0.5) is 5.69 Å². The molecule has 21 heteroatoms. The maximum Gasteiger partial charge on any atom is 3.00 e. The number of fused-ring (bicyclic) bond motifs is 4. The molecule has 8 aromatic rings. The van der Waals surface area contributed by atoms with Gasteiger partial charge in [-0.3, -0.25) is 38.5 Å². The van der Waals surface area contributed by atoms with Crippen molar-refractivity contribution in [2.24, 2.45) is 5.92 Å². The van der Waals surface area contributed by atoms with E-state index in [1.165, 1.54) is 54.2 Å². The van der Waals surface area contributed by atoms with Gasteiger partial charge in [0.25, 0.3) is 5.91 Å². The zero-order valence-electron chi connectivity index (χ0n) is 54.6. The Morgan fingerprint density at radius 3 is 1.92 bits per heavy atom. The van der Waals surface area contributed by atoms with E-state index in [1.54, 1.807) is 48.3 Å². The van der Waals surface area contributed by atoms with Gasteiger partial charge in [0, 0.05) is 105 Å². The number of rotatable bonds is 12. The number of Topliss-reactive ketones (excluding diaryl/α,β-unsaturated/α-hetero) is 1. The van der Waals surface area contributed by atoms with Crippen LogP contribution in [0.5, 0.6) is 0 Å². The van der Waals surface area contributed by atoms with Crippen LogP contribution in [0.1, 0.15) is 124 Å². The number of carbonyl (C=O) groups is 6. The number of pyridine rings is 2. The van der Waals surface area contributed by atoms with E-state index in [-0.39, 0.29) is 85.4 Å². The third kappa shape index (κ3) is 14.3. The number of benzene rings is 3. The van der Waals surface area contributed by atoms with Gasteiger partial charge in [-0.25, -0.2) is 27.5 Å². The van der Waals surface area contributed by atoms with E-state index in [4.69, 9.17) is 4.42 Å². The minimum Gasteiger partial charge on any atom is -0.512 e. The topological polar surface area (TPSA) is 210 Å². The number of likely N-dealkylation sites (tertiary alicyclic amines) is 5. The Labute approximate surface area is 586 Å². The van der Waals surface area contributed by atoms with Crippen LogP contribution in [0.2, 0.25) is 0 Å². The van der Waals surface area contributed by atoms with Crippen molar-refractivity contribution in [2.75, 3.05) is 57.3 Å². The van der Waals surface area contributed by atoms with Gasteiger partial charge >= 0.3 is 31.5 Å². The number of aryl methyl sites for hydroxylation is 2. The number of ketones is 2. The van der Waals surface area contributed by atoms with Crippen LogP contribution in [-0.2, 0) is 56.9 Å². The molecule has 0 aliphatic carbocycles. The van der Waals surface area contributed by atoms with Crippen LogP contribution in [0.15, 0.2) is 131 Å². The molecule has 5 amide bonds. The average Bonchev–Trinajstić information content (AvgIpc) is 1.13. The Balaban J connectivity index is 0.000000218. The number of hydrogen-bond donors (Lipinski definition) is 1. The summed E-state index contributed by atoms with van der Waals surface area (Å²) < 4.78 is 10.4. The number of anilines is 1. The molecule has 97 heavy (non-hydrogen) atoms. The number of piperidine rings is 1. The molecule has 5 aromatic heterocycles. The smallest absolute Gasteiger partial charge is 0.512 e. The predicted octanol–water partition coefficient (Wildman–Crippen LogP) is 11.1. The number of carbonyl (C=O) groups excluding carboxylic acids is 7. The van der Waals surface area contributed by atoms with Crippen molar-refractivity contribution in [2.45, 2.75) is 134 Å². The molecule has 2 N–H and O–H groups in total. The van der Waals surface area contributed by atoms with Crippen molar-refractivity contribution in [3.63, 3.8) is 0 Å². The molecule has 4 atom stereocenters. The molecule has 0 spiro atoms. The molecule has 0 saturated carbocycles. The predicted molar refractivity (Wildman–Crippen MR) is 373 cm³/mol. The first kappa shape index (κ1) is 68.4. The molecule has 18 nitrogen and oxygen atoms in total. The Kier molecular flexibility index (Phi) is 21.2. The molecule has 5 fully saturated rings. The molecule has 7 aliphatic heterocycles. The Morgan fingerprint density at radius 1 is 0.691 bits per heavy atom. The van der Waals surface area contributed by atoms with Gasteiger partial charge in [-0.15, -0.1) is 35.0 Å². The fraction of sp³-hybridized carbons (Fsp3) is 0.395. The standard InChI is InChI=1S/C48H60N6O10.2C14H10NS.Ir/c1-29(55)26-33(56)14-15-40(57)30-16-24-50(25-17-30)44(59)36-10-4-21-52(36)46(61)38-12-6-23-54(38)47(62)39-13-7-22-53(39)45(60)37-11-5-20-51(37)43(58)35-28-32-27-31-8-2-18-49-19-3-9-34(41(31)49)42(32)64-48(35)63;1-15-9-5-4-7-12(15)14-10-11-6-2-3-8-13(11)16-14;1-10-11-6-2-3-8-13(11)16-14(10)12-7-4-5-9-15-12;/h26-28,30,36-39,55H,2-25H2,1H3;2*2-9H,1H2;/q;2*-1;+3/p+1/b29-26-;;;. The number of allylic oxidation sites excluding steroid dienone is 2. The van der Waals surface area contributed by atoms with Gasteiger partial charge in [-0.1, -0.05) is 48.5 Å². The summed E-state index contributed by atoms with van der Waals surface area (Å²) in [6.07, 6.45) is 14.3. The largest absolute Gasteiger partial charge is 3.00 e. The second kappa shape index (κ2) is 30.1. The molecule has 15 rings (SSSR count). The van der Waals surface area contributed by atoms with Crippen LogP contribution < -0.4 is 15.1 Å². The quantitative estimate of drug-likeness (QED) is 0.0304. The van der Waals surface area contributed by atoms with Crippen molar-refractivity contribution in [1.82, 2.24) is 29.5 Å². The molecule has 3 aromatic carbocycles. The number of aliphatic hydroxyl groups excluding tert-OH is 1. The molecule has 4 unspecified atom stereocenters. The fourth-order valence-corrected chi connectivity index (χ4v) is 17.5. The zero-order chi connectivity index (χ0) is 66.7. The number of aromatic nitrogens is 2. The maximum absolute atomic E-state index is 14.5. The van der Waals surface area contributed by atoms with Gasteiger partial charge in [0.2, 0.25) is 23.6 Å². The van der Waals surface area contributed by atoms with Crippen LogP contribution >= 0.6 is 22.7 Å². The molecule has 7 aliphatic rings. The van der Waals surface area contributed by atoms with E-state index >= 15 is 0 Å². The second-order valence-electron chi connectivity index (χ2n) is 26.2. The molecular formula is C76H81IrN8O10S2+2. The van der Waals surface area contributed by atoms with E-state index in [1.807, 2.05) is 65.5 Å². The first-order valence-electron chi connectivity index (χ1n) is 33.9. The van der Waals surface area contributed by atoms with Gasteiger partial charge in [0.15, 0.2) is 0 Å². The van der Waals surface area contributed by atoms with E-state index < -0.39 is 35.7 Å². The second-order valence-corrected chi connectivity index (χ2v) is 28.3. The summed E-state index contributed by atoms with van der Waals surface area (Å²) in [5.41, 5.74) is 6.33. The van der Waals surface area contributed by atoms with Crippen LogP contribution in [0, 0.1) is 26.0 Å². The summed E-state index contributed by atoms with van der Waals surface area (Å²) in [5, 5.41) is 12.5. The summed E-state index contributed by atoms with van der Waals surface area (Å²) in [6.45, 7) is 9.74. The molecule has 504 valence electrons. The molecule has 0 radical (unpaired) electrons. The maximum atomic E-state index is 14.5. The number of amides is 5. The average molecular weight is 1520 g/mol. The number of hydrogen-bond acceptors (Lipinski definition) is 13. The molecule has 5 saturated heterocycles. The van der Waals surface area contributed by atoms with Gasteiger partial charge in [-0.05, 0) is 147 Å². The van der Waals surface area contributed by atoms with Crippen LogP contribution in [0.3, 0.4) is 0 Å². The Bertz CT molecular complexity index is 4370. The fourth-order valence-electron chi connectivity index (χ4n) is 15.4. The molecular weight excluding hydrogens is 1440 g/mol. The first-order chi connectivity index (χ1) is 46.6. The summed E-state index contributed by atoms with van der Waals surface area (Å²) >= 11 is 3.50. The van der Waals surface area contributed by atoms with Crippen molar-refractivity contribution in [3.05, 3.63) is 174 Å². The van der Waals surface area contributed by atoms with Crippen LogP contribution in [0.25, 0.3) is 52.3 Å². The third-order valence-corrected chi connectivity index (χ3v) is 22.4.